The molecule has 0 aromatic heterocycles. The van der Waals surface area contributed by atoms with Crippen LogP contribution in [-0.4, -0.2) is 26.1 Å². The first-order valence-electron chi connectivity index (χ1n) is 11.4. The zero-order valence-electron chi connectivity index (χ0n) is 19.4. The average Bonchev–Trinajstić information content (AvgIpc) is 2.79. The number of hydrogen-bond donors (Lipinski definition) is 0. The molecule has 0 saturated heterocycles. The Morgan fingerprint density at radius 2 is 1.55 bits per heavy atom. The second kappa shape index (κ2) is 13.5. The molecule has 0 aliphatic heterocycles. The fourth-order valence-electron chi connectivity index (χ4n) is 3.20. The van der Waals surface area contributed by atoms with E-state index in [1.807, 2.05) is 18.2 Å². The Kier molecular flexibility index (Phi) is 10.7. The van der Waals surface area contributed by atoms with Crippen molar-refractivity contribution in [2.24, 2.45) is 0 Å². The number of rotatable bonds is 14. The van der Waals surface area contributed by atoms with Crippen LogP contribution in [0.2, 0.25) is 0 Å². The molecule has 0 N–H and O–H groups in total. The molecule has 2 aromatic carbocycles. The van der Waals surface area contributed by atoms with E-state index in [2.05, 4.69) is 20.8 Å². The molecule has 0 unspecified atom stereocenters. The Labute approximate surface area is 187 Å². The van der Waals surface area contributed by atoms with Crippen molar-refractivity contribution < 1.29 is 19.0 Å². The van der Waals surface area contributed by atoms with Gasteiger partial charge >= 0.3 is 0 Å². The van der Waals surface area contributed by atoms with E-state index >= 15 is 0 Å². The number of carbonyl (C=O) groups excluding carboxylic acids is 1. The summed E-state index contributed by atoms with van der Waals surface area (Å²) in [5.74, 6) is 2.34. The lowest BCUT2D eigenvalue weighted by Crippen LogP contribution is -2.04. The summed E-state index contributed by atoms with van der Waals surface area (Å²) >= 11 is 0. The van der Waals surface area contributed by atoms with Gasteiger partial charge in [0.05, 0.1) is 20.3 Å². The molecule has 0 aliphatic carbocycles. The van der Waals surface area contributed by atoms with Gasteiger partial charge < -0.3 is 14.2 Å². The second-order valence-electron chi connectivity index (χ2n) is 7.57. The molecule has 0 amide bonds. The summed E-state index contributed by atoms with van der Waals surface area (Å²) in [7, 11) is 1.61. The minimum absolute atomic E-state index is 0.0455. The maximum Gasteiger partial charge on any atom is 0.185 e. The quantitative estimate of drug-likeness (QED) is 0.188. The number of ether oxygens (including phenoxy) is 3. The van der Waals surface area contributed by atoms with E-state index in [0.717, 1.165) is 66.9 Å². The van der Waals surface area contributed by atoms with Crippen LogP contribution >= 0.6 is 0 Å². The highest BCUT2D eigenvalue weighted by molar-refractivity contribution is 6.07. The molecule has 31 heavy (non-hydrogen) atoms. The summed E-state index contributed by atoms with van der Waals surface area (Å²) < 4.78 is 17.3. The largest absolute Gasteiger partial charge is 0.497 e. The highest BCUT2D eigenvalue weighted by Crippen LogP contribution is 2.32. The molecule has 0 radical (unpaired) electrons. The van der Waals surface area contributed by atoms with Gasteiger partial charge in [0, 0.05) is 17.2 Å². The lowest BCUT2D eigenvalue weighted by atomic mass is 9.99. The first-order valence-corrected chi connectivity index (χ1v) is 11.4. The van der Waals surface area contributed by atoms with Crippen LogP contribution in [0.4, 0.5) is 0 Å². The maximum atomic E-state index is 12.7. The van der Waals surface area contributed by atoms with Crippen molar-refractivity contribution in [3.8, 4) is 17.2 Å². The fourth-order valence-corrected chi connectivity index (χ4v) is 3.20. The average molecular weight is 425 g/mol. The highest BCUT2D eigenvalue weighted by Gasteiger charge is 2.12. The minimum Gasteiger partial charge on any atom is -0.497 e. The smallest absolute Gasteiger partial charge is 0.185 e. The Bertz CT molecular complexity index is 837. The third kappa shape index (κ3) is 7.78. The van der Waals surface area contributed by atoms with Crippen LogP contribution < -0.4 is 14.2 Å². The summed E-state index contributed by atoms with van der Waals surface area (Å²) in [6.07, 6.45) is 9.56. The summed E-state index contributed by atoms with van der Waals surface area (Å²) in [6.45, 7) is 7.80. The van der Waals surface area contributed by atoms with Crippen LogP contribution in [-0.2, 0) is 6.42 Å². The monoisotopic (exact) mass is 424 g/mol. The van der Waals surface area contributed by atoms with Crippen LogP contribution in [0.15, 0.2) is 42.5 Å². The molecule has 0 spiro atoms. The van der Waals surface area contributed by atoms with Gasteiger partial charge in [-0.15, -0.1) is 0 Å². The number of ketones is 1. The first-order chi connectivity index (χ1) is 15.1. The molecule has 168 valence electrons. The van der Waals surface area contributed by atoms with Gasteiger partial charge in [-0.25, -0.2) is 0 Å². The number of allylic oxidation sites excluding steroid dienone is 1. The van der Waals surface area contributed by atoms with E-state index in [0.29, 0.717) is 18.8 Å². The number of unbranched alkanes of at least 4 members (excludes halogenated alkanes) is 2. The molecule has 4 nitrogen and oxygen atoms in total. The third-order valence-corrected chi connectivity index (χ3v) is 5.03. The molecule has 0 bridgehead atoms. The Morgan fingerprint density at radius 1 is 0.871 bits per heavy atom. The molecule has 0 fully saturated rings. The van der Waals surface area contributed by atoms with Crippen molar-refractivity contribution in [2.75, 3.05) is 20.3 Å². The van der Waals surface area contributed by atoms with Crippen molar-refractivity contribution in [3.63, 3.8) is 0 Å². The van der Waals surface area contributed by atoms with Crippen molar-refractivity contribution in [3.05, 3.63) is 59.2 Å². The zero-order valence-corrected chi connectivity index (χ0v) is 19.4. The molecule has 0 saturated carbocycles. The number of benzene rings is 2. The number of carbonyl (C=O) groups is 1. The summed E-state index contributed by atoms with van der Waals surface area (Å²) in [6, 6.07) is 11.2. The summed E-state index contributed by atoms with van der Waals surface area (Å²) in [4.78, 5) is 12.7. The molecule has 0 atom stereocenters. The van der Waals surface area contributed by atoms with Gasteiger partial charge in [-0.1, -0.05) is 46.1 Å². The number of methoxy groups -OCH3 is 1. The van der Waals surface area contributed by atoms with Gasteiger partial charge in [0.25, 0.3) is 0 Å². The molecule has 0 aliphatic rings. The zero-order chi connectivity index (χ0) is 22.5. The summed E-state index contributed by atoms with van der Waals surface area (Å²) in [5.41, 5.74) is 2.73. The predicted molar refractivity (Wildman–Crippen MR) is 128 cm³/mol. The topological polar surface area (TPSA) is 44.8 Å². The van der Waals surface area contributed by atoms with Crippen LogP contribution in [0, 0.1) is 0 Å². The van der Waals surface area contributed by atoms with E-state index in [9.17, 15) is 4.79 Å². The lowest BCUT2D eigenvalue weighted by Gasteiger charge is -2.16. The van der Waals surface area contributed by atoms with Gasteiger partial charge in [0.1, 0.15) is 17.2 Å². The fraction of sp³-hybridized carbons (Fsp3) is 0.444. The predicted octanol–water partition coefficient (Wildman–Crippen LogP) is 6.90. The summed E-state index contributed by atoms with van der Waals surface area (Å²) in [5, 5.41) is 0. The lowest BCUT2D eigenvalue weighted by molar-refractivity contribution is 0.104. The van der Waals surface area contributed by atoms with E-state index in [1.54, 1.807) is 37.5 Å². The van der Waals surface area contributed by atoms with E-state index < -0.39 is 0 Å². The SMILES string of the molecule is CCCCOc1cc(C=CC(=O)c2ccc(OC)cc2)c(CCC)c(OCCCC)c1. The highest BCUT2D eigenvalue weighted by atomic mass is 16.5. The minimum atomic E-state index is -0.0455. The number of hydrogen-bond acceptors (Lipinski definition) is 4. The van der Waals surface area contributed by atoms with Gasteiger partial charge in [-0.3, -0.25) is 4.79 Å². The van der Waals surface area contributed by atoms with Crippen molar-refractivity contribution in [1.82, 2.24) is 0 Å². The molecule has 2 aromatic rings. The molecule has 0 heterocycles. The van der Waals surface area contributed by atoms with Crippen molar-refractivity contribution >= 4 is 11.9 Å². The van der Waals surface area contributed by atoms with Gasteiger partial charge in [-0.05, 0) is 61.2 Å². The standard InChI is InChI=1S/C27H36O4/c1-5-8-17-30-24-19-22(25(10-7-3)27(20-24)31-18-9-6-2)13-16-26(28)21-11-14-23(29-4)15-12-21/h11-16,19-20H,5-10,17-18H2,1-4H3. The van der Waals surface area contributed by atoms with E-state index in [-0.39, 0.29) is 5.78 Å². The van der Waals surface area contributed by atoms with Crippen LogP contribution in [0.3, 0.4) is 0 Å². The van der Waals surface area contributed by atoms with Gasteiger partial charge in [0.15, 0.2) is 5.78 Å². The molecule has 4 heteroatoms. The first kappa shape index (κ1) is 24.5. The Balaban J connectivity index is 2.33. The normalized spacial score (nSPS) is 11.0. The van der Waals surface area contributed by atoms with Gasteiger partial charge in [0.2, 0.25) is 0 Å². The van der Waals surface area contributed by atoms with Gasteiger partial charge in [-0.2, -0.15) is 0 Å². The Hall–Kier alpha value is -2.75. The van der Waals surface area contributed by atoms with Crippen molar-refractivity contribution in [1.29, 1.82) is 0 Å². The second-order valence-corrected chi connectivity index (χ2v) is 7.57. The van der Waals surface area contributed by atoms with Crippen LogP contribution in [0.5, 0.6) is 17.2 Å². The molecular formula is C27H36O4. The Morgan fingerprint density at radius 3 is 2.16 bits per heavy atom. The third-order valence-electron chi connectivity index (χ3n) is 5.03. The maximum absolute atomic E-state index is 12.7. The molecule has 2 rings (SSSR count). The van der Waals surface area contributed by atoms with E-state index in [1.165, 1.54) is 0 Å². The van der Waals surface area contributed by atoms with Crippen LogP contribution in [0.1, 0.15) is 74.4 Å². The van der Waals surface area contributed by atoms with E-state index in [4.69, 9.17) is 14.2 Å². The van der Waals surface area contributed by atoms with Crippen molar-refractivity contribution in [2.45, 2.75) is 59.3 Å². The van der Waals surface area contributed by atoms with Crippen LogP contribution in [0.25, 0.3) is 6.08 Å². The molecular weight excluding hydrogens is 388 g/mol.